The molecule has 0 bridgehead atoms. The van der Waals surface area contributed by atoms with Gasteiger partial charge in [-0.2, -0.15) is 0 Å². The summed E-state index contributed by atoms with van der Waals surface area (Å²) in [6.45, 7) is 3.78. The monoisotopic (exact) mass is 327 g/mol. The normalized spacial score (nSPS) is 10.7. The van der Waals surface area contributed by atoms with Crippen molar-refractivity contribution in [2.24, 2.45) is 0 Å². The average Bonchev–Trinajstić information content (AvgIpc) is 2.51. The van der Waals surface area contributed by atoms with Crippen molar-refractivity contribution in [2.45, 2.75) is 13.8 Å². The summed E-state index contributed by atoms with van der Waals surface area (Å²) in [6, 6.07) is 8.74. The molecule has 23 heavy (non-hydrogen) atoms. The lowest BCUT2D eigenvalue weighted by Crippen LogP contribution is -2.26. The summed E-state index contributed by atoms with van der Waals surface area (Å²) in [4.78, 5) is 28.9. The fourth-order valence-electron chi connectivity index (χ4n) is 2.20. The standard InChI is InChI=1S/C17H14ClN3O2/c1-10-5-6-21-15(7-10)19-9-13(17(21)23)16(22)20-12-4-3-11(2)14(18)8-12/h3-9H,1-2H3,(H,20,22). The van der Waals surface area contributed by atoms with Crippen LogP contribution in [0.15, 0.2) is 47.5 Å². The predicted octanol–water partition coefficient (Wildman–Crippen LogP) is 3.22. The summed E-state index contributed by atoms with van der Waals surface area (Å²) in [5, 5.41) is 3.21. The first-order valence-corrected chi connectivity index (χ1v) is 7.39. The van der Waals surface area contributed by atoms with Crippen LogP contribution in [-0.2, 0) is 0 Å². The Balaban J connectivity index is 1.97. The van der Waals surface area contributed by atoms with Crippen molar-refractivity contribution in [1.82, 2.24) is 9.38 Å². The largest absolute Gasteiger partial charge is 0.322 e. The number of amides is 1. The third-order valence-corrected chi connectivity index (χ3v) is 3.95. The molecule has 0 aliphatic heterocycles. The predicted molar refractivity (Wildman–Crippen MR) is 90.3 cm³/mol. The van der Waals surface area contributed by atoms with E-state index in [0.717, 1.165) is 11.1 Å². The molecule has 0 unspecified atom stereocenters. The first-order valence-electron chi connectivity index (χ1n) is 7.01. The highest BCUT2D eigenvalue weighted by Crippen LogP contribution is 2.20. The van der Waals surface area contributed by atoms with Crippen molar-refractivity contribution in [2.75, 3.05) is 5.32 Å². The summed E-state index contributed by atoms with van der Waals surface area (Å²) in [5.41, 5.74) is 2.49. The van der Waals surface area contributed by atoms with Gasteiger partial charge in [-0.15, -0.1) is 0 Å². The highest BCUT2D eigenvalue weighted by Gasteiger charge is 2.14. The van der Waals surface area contributed by atoms with E-state index >= 15 is 0 Å². The number of aryl methyl sites for hydroxylation is 2. The van der Waals surface area contributed by atoms with Crippen LogP contribution in [-0.4, -0.2) is 15.3 Å². The van der Waals surface area contributed by atoms with Crippen LogP contribution in [0.5, 0.6) is 0 Å². The summed E-state index contributed by atoms with van der Waals surface area (Å²) < 4.78 is 1.35. The maximum Gasteiger partial charge on any atom is 0.270 e. The highest BCUT2D eigenvalue weighted by atomic mass is 35.5. The minimum atomic E-state index is -0.516. The van der Waals surface area contributed by atoms with Crippen molar-refractivity contribution in [3.8, 4) is 0 Å². The fourth-order valence-corrected chi connectivity index (χ4v) is 2.38. The van der Waals surface area contributed by atoms with Gasteiger partial charge >= 0.3 is 0 Å². The maximum absolute atomic E-state index is 12.4. The average molecular weight is 328 g/mol. The van der Waals surface area contributed by atoms with Crippen LogP contribution in [0, 0.1) is 13.8 Å². The zero-order valence-corrected chi connectivity index (χ0v) is 13.4. The molecule has 6 heteroatoms. The van der Waals surface area contributed by atoms with Crippen LogP contribution in [0.2, 0.25) is 5.02 Å². The summed E-state index contributed by atoms with van der Waals surface area (Å²) >= 11 is 6.04. The van der Waals surface area contributed by atoms with Gasteiger partial charge in [0.1, 0.15) is 11.2 Å². The number of benzene rings is 1. The van der Waals surface area contributed by atoms with Gasteiger partial charge in [-0.1, -0.05) is 17.7 Å². The Bertz CT molecular complexity index is 979. The van der Waals surface area contributed by atoms with Gasteiger partial charge in [-0.05, 0) is 49.2 Å². The van der Waals surface area contributed by atoms with Crippen LogP contribution >= 0.6 is 11.6 Å². The summed E-state index contributed by atoms with van der Waals surface area (Å²) in [7, 11) is 0. The van der Waals surface area contributed by atoms with E-state index in [9.17, 15) is 9.59 Å². The number of nitrogens with zero attached hydrogens (tertiary/aromatic N) is 2. The van der Waals surface area contributed by atoms with Crippen LogP contribution in [0.25, 0.3) is 5.65 Å². The molecule has 2 heterocycles. The molecule has 0 aliphatic rings. The number of halogens is 1. The highest BCUT2D eigenvalue weighted by molar-refractivity contribution is 6.31. The smallest absolute Gasteiger partial charge is 0.270 e. The molecule has 0 atom stereocenters. The molecular formula is C17H14ClN3O2. The fraction of sp³-hybridized carbons (Fsp3) is 0.118. The second-order valence-electron chi connectivity index (χ2n) is 5.33. The number of carbonyl (C=O) groups excluding carboxylic acids is 1. The molecule has 0 spiro atoms. The number of pyridine rings is 1. The van der Waals surface area contributed by atoms with Gasteiger partial charge in [0.15, 0.2) is 0 Å². The molecule has 5 nitrogen and oxygen atoms in total. The quantitative estimate of drug-likeness (QED) is 0.786. The van der Waals surface area contributed by atoms with E-state index < -0.39 is 11.5 Å². The molecule has 0 aliphatic carbocycles. The molecule has 1 N–H and O–H groups in total. The van der Waals surface area contributed by atoms with E-state index in [2.05, 4.69) is 10.3 Å². The van der Waals surface area contributed by atoms with Crippen molar-refractivity contribution < 1.29 is 4.79 Å². The minimum absolute atomic E-state index is 0.0250. The van der Waals surface area contributed by atoms with Crippen LogP contribution in [0.4, 0.5) is 5.69 Å². The van der Waals surface area contributed by atoms with E-state index in [1.54, 1.807) is 36.5 Å². The molecule has 1 aromatic carbocycles. The van der Waals surface area contributed by atoms with Gasteiger partial charge in [0.05, 0.1) is 0 Å². The molecule has 0 saturated heterocycles. The SMILES string of the molecule is Cc1ccn2c(=O)c(C(=O)Nc3ccc(C)c(Cl)c3)cnc2c1. The molecular weight excluding hydrogens is 314 g/mol. The van der Waals surface area contributed by atoms with E-state index in [-0.39, 0.29) is 5.56 Å². The number of hydrogen-bond acceptors (Lipinski definition) is 3. The topological polar surface area (TPSA) is 63.5 Å². The number of carbonyl (C=O) groups is 1. The van der Waals surface area contributed by atoms with Gasteiger partial charge in [0.2, 0.25) is 0 Å². The van der Waals surface area contributed by atoms with E-state index in [0.29, 0.717) is 16.4 Å². The molecule has 116 valence electrons. The summed E-state index contributed by atoms with van der Waals surface area (Å²) in [6.07, 6.45) is 2.90. The molecule has 1 amide bonds. The second kappa shape index (κ2) is 5.85. The maximum atomic E-state index is 12.4. The third kappa shape index (κ3) is 2.96. The molecule has 0 fully saturated rings. The van der Waals surface area contributed by atoms with Crippen molar-refractivity contribution >= 4 is 28.8 Å². The number of aromatic nitrogens is 2. The number of fused-ring (bicyclic) bond motifs is 1. The molecule has 3 rings (SSSR count). The first-order chi connectivity index (χ1) is 11.0. The Morgan fingerprint density at radius 3 is 2.74 bits per heavy atom. The Labute approximate surface area is 137 Å². The Morgan fingerprint density at radius 1 is 1.22 bits per heavy atom. The zero-order chi connectivity index (χ0) is 16.6. The number of hydrogen-bond donors (Lipinski definition) is 1. The van der Waals surface area contributed by atoms with Crippen molar-refractivity contribution in [1.29, 1.82) is 0 Å². The molecule has 0 saturated carbocycles. The van der Waals surface area contributed by atoms with Gasteiger partial charge < -0.3 is 5.32 Å². The lowest BCUT2D eigenvalue weighted by Gasteiger charge is -2.08. The zero-order valence-electron chi connectivity index (χ0n) is 12.6. The van der Waals surface area contributed by atoms with Crippen molar-refractivity contribution in [3.63, 3.8) is 0 Å². The lowest BCUT2D eigenvalue weighted by molar-refractivity contribution is 0.102. The van der Waals surface area contributed by atoms with Gasteiger partial charge in [-0.3, -0.25) is 14.0 Å². The Morgan fingerprint density at radius 2 is 2.00 bits per heavy atom. The lowest BCUT2D eigenvalue weighted by atomic mass is 10.2. The van der Waals surface area contributed by atoms with Gasteiger partial charge in [0, 0.05) is 23.1 Å². The molecule has 0 radical (unpaired) electrons. The van der Waals surface area contributed by atoms with Gasteiger partial charge in [0.25, 0.3) is 11.5 Å². The third-order valence-electron chi connectivity index (χ3n) is 3.54. The van der Waals surface area contributed by atoms with E-state index in [1.165, 1.54) is 10.6 Å². The number of anilines is 1. The second-order valence-corrected chi connectivity index (χ2v) is 5.73. The summed E-state index contributed by atoms with van der Waals surface area (Å²) in [5.74, 6) is -0.516. The number of nitrogens with one attached hydrogen (secondary N) is 1. The molecule has 3 aromatic rings. The van der Waals surface area contributed by atoms with E-state index in [4.69, 9.17) is 11.6 Å². The Hall–Kier alpha value is -2.66. The van der Waals surface area contributed by atoms with Crippen LogP contribution in [0.1, 0.15) is 21.5 Å². The first kappa shape index (κ1) is 15.2. The van der Waals surface area contributed by atoms with Crippen molar-refractivity contribution in [3.05, 3.63) is 74.8 Å². The van der Waals surface area contributed by atoms with E-state index in [1.807, 2.05) is 13.8 Å². The van der Waals surface area contributed by atoms with Crippen LogP contribution in [0.3, 0.4) is 0 Å². The Kier molecular flexibility index (Phi) is 3.88. The minimum Gasteiger partial charge on any atom is -0.322 e. The van der Waals surface area contributed by atoms with Gasteiger partial charge in [-0.25, -0.2) is 4.98 Å². The van der Waals surface area contributed by atoms with Crippen LogP contribution < -0.4 is 10.9 Å². The number of rotatable bonds is 2. The molecule has 2 aromatic heterocycles.